The summed E-state index contributed by atoms with van der Waals surface area (Å²) in [7, 11) is -3.44. The quantitative estimate of drug-likeness (QED) is 0.486. The van der Waals surface area contributed by atoms with E-state index in [-0.39, 0.29) is 16.5 Å². The van der Waals surface area contributed by atoms with Crippen LogP contribution in [0.2, 0.25) is 5.02 Å². The van der Waals surface area contributed by atoms with Gasteiger partial charge in [-0.15, -0.1) is 0 Å². The number of ether oxygens (including phenoxy) is 1. The first-order valence-electron chi connectivity index (χ1n) is 7.58. The Morgan fingerprint density at radius 1 is 1.37 bits per heavy atom. The summed E-state index contributed by atoms with van der Waals surface area (Å²) in [5, 5.41) is -0.496. The zero-order chi connectivity index (χ0) is 20.8. The van der Waals surface area contributed by atoms with Gasteiger partial charge >= 0.3 is 6.18 Å². The summed E-state index contributed by atoms with van der Waals surface area (Å²) in [4.78, 5) is 7.03. The second kappa shape index (κ2) is 9.34. The van der Waals surface area contributed by atoms with E-state index in [9.17, 15) is 21.6 Å². The van der Waals surface area contributed by atoms with Crippen LogP contribution in [0.1, 0.15) is 25.5 Å². The van der Waals surface area contributed by atoms with Crippen molar-refractivity contribution in [3.63, 3.8) is 0 Å². The maximum Gasteiger partial charge on any atom is 0.409 e. The molecule has 0 aliphatic rings. The van der Waals surface area contributed by atoms with E-state index in [0.717, 1.165) is 18.3 Å². The smallest absolute Gasteiger partial charge is 0.409 e. The molecule has 0 aliphatic heterocycles. The fourth-order valence-electron chi connectivity index (χ4n) is 2.21. The van der Waals surface area contributed by atoms with Crippen LogP contribution in [0.25, 0.3) is 0 Å². The number of rotatable bonds is 7. The normalized spacial score (nSPS) is 15.0. The molecule has 11 heteroatoms. The molecule has 1 rings (SSSR count). The minimum Gasteiger partial charge on any atom is -0.484 e. The summed E-state index contributed by atoms with van der Waals surface area (Å²) in [5.41, 5.74) is -0.282. The number of hydrogen-bond donors (Lipinski definition) is 0. The van der Waals surface area contributed by atoms with E-state index >= 15 is 0 Å². The van der Waals surface area contributed by atoms with Gasteiger partial charge in [0.1, 0.15) is 6.04 Å². The van der Waals surface area contributed by atoms with Gasteiger partial charge in [0.15, 0.2) is 10.9 Å². The Labute approximate surface area is 161 Å². The number of hydrogen-bond acceptors (Lipinski definition) is 5. The molecule has 1 aromatic rings. The van der Waals surface area contributed by atoms with E-state index in [2.05, 4.69) is 16.7 Å². The Hall–Kier alpha value is -1.91. The first kappa shape index (κ1) is 23.1. The Morgan fingerprint density at radius 3 is 2.33 bits per heavy atom. The van der Waals surface area contributed by atoms with E-state index in [4.69, 9.17) is 16.3 Å². The molecule has 0 saturated heterocycles. The molecule has 6 nitrogen and oxygen atoms in total. The van der Waals surface area contributed by atoms with Gasteiger partial charge in [0.25, 0.3) is 10.0 Å². The van der Waals surface area contributed by atoms with Crippen molar-refractivity contribution in [2.24, 2.45) is 9.98 Å². The zero-order valence-corrected chi connectivity index (χ0v) is 16.4. The number of halogens is 4. The SMILES string of the molecule is C=N/C=C(\N=C(/C)OC)S(=O)(=O)N(CC)[C@H](c1ccc(Cl)cc1)C(F)(F)F. The fourth-order valence-corrected chi connectivity index (χ4v) is 3.88. The molecule has 150 valence electrons. The average Bonchev–Trinajstić information content (AvgIpc) is 2.58. The number of methoxy groups -OCH3 is 1. The van der Waals surface area contributed by atoms with Crippen molar-refractivity contribution in [2.75, 3.05) is 13.7 Å². The third-order valence-corrected chi connectivity index (χ3v) is 5.50. The van der Waals surface area contributed by atoms with Crippen molar-refractivity contribution >= 4 is 34.2 Å². The fraction of sp³-hybridized carbons (Fsp3) is 0.375. The molecule has 0 saturated carbocycles. The molecule has 1 aromatic carbocycles. The molecule has 1 atom stereocenters. The standard InChI is InChI=1S/C16H19ClF3N3O3S/c1-5-23(27(24,25)14(10-21-3)22-11(2)26-4)15(16(18,19)20)12-6-8-13(17)9-7-12/h6-10,15H,3,5H2,1-2,4H3/b14-10+,22-11+/t15-/m1/s1. The van der Waals surface area contributed by atoms with Crippen LogP contribution >= 0.6 is 11.6 Å². The zero-order valence-electron chi connectivity index (χ0n) is 14.9. The second-order valence-corrected chi connectivity index (χ2v) is 7.46. The van der Waals surface area contributed by atoms with Gasteiger partial charge in [0, 0.05) is 18.5 Å². The monoisotopic (exact) mass is 425 g/mol. The Kier molecular flexibility index (Phi) is 8.00. The van der Waals surface area contributed by atoms with Crippen LogP contribution in [0, 0.1) is 0 Å². The molecule has 0 N–H and O–H groups in total. The number of benzene rings is 1. The molecule has 27 heavy (non-hydrogen) atoms. The van der Waals surface area contributed by atoms with E-state index in [0.29, 0.717) is 4.31 Å². The lowest BCUT2D eigenvalue weighted by molar-refractivity contribution is -0.173. The molecular formula is C16H19ClF3N3O3S. The average molecular weight is 426 g/mol. The second-order valence-electron chi connectivity index (χ2n) is 5.19. The van der Waals surface area contributed by atoms with Crippen LogP contribution in [0.4, 0.5) is 13.2 Å². The van der Waals surface area contributed by atoms with Gasteiger partial charge in [-0.05, 0) is 24.4 Å². The molecule has 0 heterocycles. The minimum atomic E-state index is -4.89. The largest absolute Gasteiger partial charge is 0.484 e. The summed E-state index contributed by atoms with van der Waals surface area (Å²) >= 11 is 5.73. The third kappa shape index (κ3) is 5.78. The lowest BCUT2D eigenvalue weighted by Crippen LogP contribution is -2.42. The predicted octanol–water partition coefficient (Wildman–Crippen LogP) is 4.16. The van der Waals surface area contributed by atoms with Gasteiger partial charge in [-0.3, -0.25) is 4.99 Å². The van der Waals surface area contributed by atoms with Crippen LogP contribution in [0.15, 0.2) is 45.5 Å². The summed E-state index contributed by atoms with van der Waals surface area (Å²) in [6, 6.07) is 2.32. The predicted molar refractivity (Wildman–Crippen MR) is 99.3 cm³/mol. The van der Waals surface area contributed by atoms with Crippen molar-refractivity contribution in [1.82, 2.24) is 4.31 Å². The van der Waals surface area contributed by atoms with Gasteiger partial charge in [-0.1, -0.05) is 30.7 Å². The van der Waals surface area contributed by atoms with Gasteiger partial charge < -0.3 is 4.74 Å². The molecule has 0 amide bonds. The number of alkyl halides is 3. The van der Waals surface area contributed by atoms with Crippen LogP contribution in [-0.4, -0.2) is 45.2 Å². The lowest BCUT2D eigenvalue weighted by Gasteiger charge is -2.31. The van der Waals surface area contributed by atoms with Gasteiger partial charge in [-0.25, -0.2) is 13.4 Å². The third-order valence-electron chi connectivity index (χ3n) is 3.43. The van der Waals surface area contributed by atoms with Crippen molar-refractivity contribution in [3.05, 3.63) is 46.1 Å². The highest BCUT2D eigenvalue weighted by molar-refractivity contribution is 7.93. The first-order valence-corrected chi connectivity index (χ1v) is 9.40. The summed E-state index contributed by atoms with van der Waals surface area (Å²) < 4.78 is 72.3. The van der Waals surface area contributed by atoms with E-state index in [1.807, 2.05) is 0 Å². The van der Waals surface area contributed by atoms with Gasteiger partial charge in [0.05, 0.1) is 13.3 Å². The van der Waals surface area contributed by atoms with Crippen molar-refractivity contribution in [2.45, 2.75) is 26.1 Å². The highest BCUT2D eigenvalue weighted by atomic mass is 35.5. The van der Waals surface area contributed by atoms with Gasteiger partial charge in [0.2, 0.25) is 0 Å². The van der Waals surface area contributed by atoms with E-state index in [1.165, 1.54) is 33.1 Å². The number of nitrogens with zero attached hydrogens (tertiary/aromatic N) is 3. The van der Waals surface area contributed by atoms with Crippen molar-refractivity contribution in [3.8, 4) is 0 Å². The van der Waals surface area contributed by atoms with E-state index < -0.39 is 33.8 Å². The van der Waals surface area contributed by atoms with Gasteiger partial charge in [-0.2, -0.15) is 17.5 Å². The molecule has 0 fully saturated rings. The van der Waals surface area contributed by atoms with E-state index in [1.54, 1.807) is 0 Å². The number of aliphatic imine (C=N–C) groups is 2. The topological polar surface area (TPSA) is 71.3 Å². The minimum absolute atomic E-state index is 0.0698. The summed E-state index contributed by atoms with van der Waals surface area (Å²) in [5.74, 6) is -0.0698. The molecule has 0 unspecified atom stereocenters. The summed E-state index contributed by atoms with van der Waals surface area (Å²) in [6.45, 7) is 5.31. The maximum absolute atomic E-state index is 13.8. The first-order chi connectivity index (χ1) is 12.5. The summed E-state index contributed by atoms with van der Waals surface area (Å²) in [6.07, 6.45) is -4.13. The molecule has 0 bridgehead atoms. The van der Waals surface area contributed by atoms with Crippen LogP contribution in [0.3, 0.4) is 0 Å². The Bertz CT molecular complexity index is 822. The maximum atomic E-state index is 13.8. The van der Waals surface area contributed by atoms with Crippen LogP contribution in [0.5, 0.6) is 0 Å². The molecule has 0 aliphatic carbocycles. The molecular weight excluding hydrogens is 407 g/mol. The lowest BCUT2D eigenvalue weighted by atomic mass is 10.1. The Morgan fingerprint density at radius 2 is 1.93 bits per heavy atom. The highest BCUT2D eigenvalue weighted by Gasteiger charge is 2.49. The van der Waals surface area contributed by atoms with Crippen molar-refractivity contribution < 1.29 is 26.3 Å². The molecule has 0 radical (unpaired) electrons. The highest BCUT2D eigenvalue weighted by Crippen LogP contribution is 2.40. The van der Waals surface area contributed by atoms with Crippen LogP contribution < -0.4 is 0 Å². The van der Waals surface area contributed by atoms with Crippen molar-refractivity contribution in [1.29, 1.82) is 0 Å². The van der Waals surface area contributed by atoms with Crippen LogP contribution in [-0.2, 0) is 14.8 Å². The Balaban J connectivity index is 3.60. The molecule has 0 spiro atoms. The number of sulfonamides is 1. The molecule has 0 aromatic heterocycles.